The topological polar surface area (TPSA) is 76.5 Å². The van der Waals surface area contributed by atoms with E-state index in [0.29, 0.717) is 21.5 Å². The molecule has 0 bridgehead atoms. The number of piperidine rings is 1. The Hall–Kier alpha value is -2.93. The fraction of sp³-hybridized carbons (Fsp3) is 0.409. The van der Waals surface area contributed by atoms with E-state index in [2.05, 4.69) is 39.0 Å². The molecule has 3 aromatic rings. The molecule has 0 spiro atoms. The number of benzene rings is 2. The molecular formula is C22H26N4O3. The van der Waals surface area contributed by atoms with Crippen LogP contribution in [0.3, 0.4) is 0 Å². The van der Waals surface area contributed by atoms with E-state index in [9.17, 15) is 10.0 Å². The maximum absolute atomic E-state index is 13.0. The molecule has 1 amide bonds. The van der Waals surface area contributed by atoms with Crippen LogP contribution in [0.25, 0.3) is 11.0 Å². The summed E-state index contributed by atoms with van der Waals surface area (Å²) in [5.74, 6) is -0.0523. The van der Waals surface area contributed by atoms with E-state index < -0.39 is 0 Å². The van der Waals surface area contributed by atoms with Gasteiger partial charge in [0.15, 0.2) is 0 Å². The average molecular weight is 394 g/mol. The zero-order chi connectivity index (χ0) is 20.2. The zero-order valence-corrected chi connectivity index (χ0v) is 16.7. The van der Waals surface area contributed by atoms with Crippen LogP contribution in [0, 0.1) is 5.21 Å². The van der Waals surface area contributed by atoms with E-state index in [1.54, 1.807) is 18.2 Å². The van der Waals surface area contributed by atoms with Crippen LogP contribution in [0.1, 0.15) is 35.2 Å². The second-order valence-electron chi connectivity index (χ2n) is 7.74. The highest BCUT2D eigenvalue weighted by molar-refractivity contribution is 5.96. The van der Waals surface area contributed by atoms with Gasteiger partial charge in [0, 0.05) is 36.4 Å². The summed E-state index contributed by atoms with van der Waals surface area (Å²) in [5.41, 5.74) is 2.61. The number of hydrogen-bond donors (Lipinski definition) is 0. The Balaban J connectivity index is 1.34. The van der Waals surface area contributed by atoms with Crippen LogP contribution in [0.15, 0.2) is 53.2 Å². The third-order valence-electron chi connectivity index (χ3n) is 5.76. The first-order valence-electron chi connectivity index (χ1n) is 10.1. The van der Waals surface area contributed by atoms with Crippen molar-refractivity contribution in [2.75, 3.05) is 26.7 Å². The highest BCUT2D eigenvalue weighted by atomic mass is 16.8. The average Bonchev–Trinajstić information content (AvgIpc) is 3.14. The molecule has 1 saturated heterocycles. The molecule has 0 aliphatic carbocycles. The van der Waals surface area contributed by atoms with Crippen molar-refractivity contribution in [1.82, 2.24) is 15.0 Å². The molecule has 1 fully saturated rings. The SMILES string of the molecule is CN(C(=O)c1ccc2c(c1)no[n+]2[O-])C1CCCN(CCCc2ccccc2)C1. The number of rotatable bonds is 6. The van der Waals surface area contributed by atoms with Crippen LogP contribution in [0.5, 0.6) is 0 Å². The minimum Gasteiger partial charge on any atom is -0.359 e. The number of hydrogen-bond acceptors (Lipinski definition) is 5. The van der Waals surface area contributed by atoms with Crippen molar-refractivity contribution in [2.24, 2.45) is 0 Å². The lowest BCUT2D eigenvalue weighted by Gasteiger charge is -2.37. The van der Waals surface area contributed by atoms with Gasteiger partial charge in [0.2, 0.25) is 11.0 Å². The summed E-state index contributed by atoms with van der Waals surface area (Å²) in [6, 6.07) is 15.6. The fourth-order valence-corrected chi connectivity index (χ4v) is 4.08. The summed E-state index contributed by atoms with van der Waals surface area (Å²) in [4.78, 5) is 17.6. The Morgan fingerprint density at radius 2 is 2.14 bits per heavy atom. The van der Waals surface area contributed by atoms with Gasteiger partial charge in [0.1, 0.15) is 0 Å². The van der Waals surface area contributed by atoms with E-state index in [1.165, 1.54) is 5.56 Å². The molecular weight excluding hydrogens is 368 g/mol. The molecule has 1 atom stereocenters. The summed E-state index contributed by atoms with van der Waals surface area (Å²) in [6.07, 6.45) is 4.29. The van der Waals surface area contributed by atoms with Crippen LogP contribution in [-0.2, 0) is 6.42 Å². The zero-order valence-electron chi connectivity index (χ0n) is 16.7. The second-order valence-corrected chi connectivity index (χ2v) is 7.74. The monoisotopic (exact) mass is 394 g/mol. The lowest BCUT2D eigenvalue weighted by molar-refractivity contribution is -0.782. The Bertz CT molecular complexity index is 973. The molecule has 4 rings (SSSR count). The van der Waals surface area contributed by atoms with Crippen molar-refractivity contribution in [3.8, 4) is 0 Å². The molecule has 152 valence electrons. The molecule has 29 heavy (non-hydrogen) atoms. The van der Waals surface area contributed by atoms with Crippen LogP contribution in [-0.4, -0.2) is 53.6 Å². The smallest absolute Gasteiger partial charge is 0.254 e. The van der Waals surface area contributed by atoms with Crippen molar-refractivity contribution >= 4 is 16.9 Å². The number of aryl methyl sites for hydroxylation is 1. The molecule has 0 saturated carbocycles. The minimum absolute atomic E-state index is 0.0523. The number of carbonyl (C=O) groups is 1. The fourth-order valence-electron chi connectivity index (χ4n) is 4.08. The van der Waals surface area contributed by atoms with Gasteiger partial charge in [-0.25, -0.2) is 0 Å². The van der Waals surface area contributed by atoms with Crippen molar-refractivity contribution in [1.29, 1.82) is 0 Å². The summed E-state index contributed by atoms with van der Waals surface area (Å²) in [7, 11) is 1.86. The minimum atomic E-state index is -0.0523. The van der Waals surface area contributed by atoms with E-state index in [-0.39, 0.29) is 11.9 Å². The molecule has 1 unspecified atom stereocenters. The van der Waals surface area contributed by atoms with Crippen molar-refractivity contribution in [3.05, 3.63) is 64.9 Å². The van der Waals surface area contributed by atoms with Gasteiger partial charge < -0.3 is 15.0 Å². The molecule has 0 N–H and O–H groups in total. The normalized spacial score (nSPS) is 17.5. The number of carbonyl (C=O) groups excluding carboxylic acids is 1. The molecule has 7 heteroatoms. The number of aromatic nitrogens is 2. The Morgan fingerprint density at radius 1 is 1.31 bits per heavy atom. The lowest BCUT2D eigenvalue weighted by atomic mass is 10.0. The van der Waals surface area contributed by atoms with Crippen LogP contribution >= 0.6 is 0 Å². The van der Waals surface area contributed by atoms with Gasteiger partial charge in [-0.15, -0.1) is 0 Å². The van der Waals surface area contributed by atoms with Crippen molar-refractivity contribution in [2.45, 2.75) is 31.7 Å². The molecule has 2 heterocycles. The molecule has 7 nitrogen and oxygen atoms in total. The Morgan fingerprint density at radius 3 is 2.97 bits per heavy atom. The number of fused-ring (bicyclic) bond motifs is 1. The van der Waals surface area contributed by atoms with E-state index in [1.807, 2.05) is 18.0 Å². The number of likely N-dealkylation sites (tertiary alicyclic amines) is 1. The number of amides is 1. The maximum atomic E-state index is 13.0. The van der Waals surface area contributed by atoms with Gasteiger partial charge in [0.25, 0.3) is 5.91 Å². The van der Waals surface area contributed by atoms with Gasteiger partial charge in [-0.3, -0.25) is 9.42 Å². The summed E-state index contributed by atoms with van der Waals surface area (Å²) in [5, 5.41) is 15.1. The third kappa shape index (κ3) is 4.40. The Kier molecular flexibility index (Phi) is 5.76. The Labute approximate surface area is 170 Å². The highest BCUT2D eigenvalue weighted by Crippen LogP contribution is 2.19. The van der Waals surface area contributed by atoms with E-state index >= 15 is 0 Å². The molecule has 2 aromatic carbocycles. The van der Waals surface area contributed by atoms with E-state index in [0.717, 1.165) is 45.3 Å². The summed E-state index contributed by atoms with van der Waals surface area (Å²) < 4.78 is 4.59. The van der Waals surface area contributed by atoms with Crippen LogP contribution in [0.4, 0.5) is 0 Å². The van der Waals surface area contributed by atoms with E-state index in [4.69, 9.17) is 0 Å². The third-order valence-corrected chi connectivity index (χ3v) is 5.76. The quantitative estimate of drug-likeness (QED) is 0.601. The lowest BCUT2D eigenvalue weighted by Crippen LogP contribution is -2.48. The largest absolute Gasteiger partial charge is 0.359 e. The predicted octanol–water partition coefficient (Wildman–Crippen LogP) is 2.63. The highest BCUT2D eigenvalue weighted by Gasteiger charge is 2.27. The van der Waals surface area contributed by atoms with Crippen LogP contribution < -0.4 is 4.90 Å². The molecule has 1 aromatic heterocycles. The molecule has 0 radical (unpaired) electrons. The van der Waals surface area contributed by atoms with Gasteiger partial charge in [-0.1, -0.05) is 30.3 Å². The van der Waals surface area contributed by atoms with Crippen molar-refractivity contribution < 1.29 is 14.3 Å². The summed E-state index contributed by atoms with van der Waals surface area (Å²) in [6.45, 7) is 3.02. The second kappa shape index (κ2) is 8.61. The molecule has 1 aliphatic rings. The van der Waals surface area contributed by atoms with Crippen LogP contribution in [0.2, 0.25) is 0 Å². The predicted molar refractivity (Wildman–Crippen MR) is 109 cm³/mol. The first-order chi connectivity index (χ1) is 14.1. The number of nitrogens with zero attached hydrogens (tertiary/aromatic N) is 4. The standard InChI is InChI=1S/C22H26N4O3/c1-24(22(27)18-11-12-21-20(15-18)23-29-26(21)28)19-10-6-14-25(16-19)13-5-9-17-7-3-2-4-8-17/h2-4,7-8,11-12,15,19H,5-6,9-10,13-14,16H2,1H3. The molecule has 1 aliphatic heterocycles. The first-order valence-corrected chi connectivity index (χ1v) is 10.1. The van der Waals surface area contributed by atoms with Gasteiger partial charge in [0.05, 0.1) is 0 Å². The van der Waals surface area contributed by atoms with Gasteiger partial charge >= 0.3 is 0 Å². The summed E-state index contributed by atoms with van der Waals surface area (Å²) >= 11 is 0. The first kappa shape index (κ1) is 19.4. The van der Waals surface area contributed by atoms with Gasteiger partial charge in [-0.05, 0) is 61.4 Å². The van der Waals surface area contributed by atoms with Gasteiger partial charge in [-0.2, -0.15) is 0 Å². The van der Waals surface area contributed by atoms with Crippen molar-refractivity contribution in [3.63, 3.8) is 0 Å². The number of likely N-dealkylation sites (N-methyl/N-ethyl adjacent to an activating group) is 1. The maximum Gasteiger partial charge on any atom is 0.254 e.